The number of rotatable bonds is 3. The van der Waals surface area contributed by atoms with Gasteiger partial charge in [-0.05, 0) is 24.6 Å². The van der Waals surface area contributed by atoms with Crippen LogP contribution in [0.15, 0.2) is 29.9 Å². The van der Waals surface area contributed by atoms with Gasteiger partial charge in [0.2, 0.25) is 5.91 Å². The van der Waals surface area contributed by atoms with E-state index in [2.05, 4.69) is 9.97 Å². The van der Waals surface area contributed by atoms with E-state index in [9.17, 15) is 4.79 Å². The molecule has 1 aliphatic heterocycles. The number of aromatic nitrogens is 2. The van der Waals surface area contributed by atoms with Gasteiger partial charge in [0.05, 0.1) is 30.3 Å². The van der Waals surface area contributed by atoms with Crippen LogP contribution in [0.4, 0.5) is 0 Å². The first-order chi connectivity index (χ1) is 10.2. The minimum atomic E-state index is -0.0668. The fraction of sp³-hybridized carbons (Fsp3) is 0.400. The maximum atomic E-state index is 12.4. The normalized spacial score (nSPS) is 18.7. The summed E-state index contributed by atoms with van der Waals surface area (Å²) in [6, 6.07) is 3.87. The molecule has 1 aliphatic rings. The molecule has 1 atom stereocenters. The maximum Gasteiger partial charge on any atom is 0.228 e. The molecule has 0 N–H and O–H groups in total. The third-order valence-electron chi connectivity index (χ3n) is 3.50. The zero-order valence-corrected chi connectivity index (χ0v) is 12.7. The second kappa shape index (κ2) is 6.32. The van der Waals surface area contributed by atoms with Crippen LogP contribution in [-0.2, 0) is 16.0 Å². The molecule has 0 radical (unpaired) electrons. The lowest BCUT2D eigenvalue weighted by Gasteiger charge is -2.33. The van der Waals surface area contributed by atoms with Gasteiger partial charge in [-0.1, -0.05) is 0 Å². The molecule has 1 saturated heterocycles. The highest BCUT2D eigenvalue weighted by atomic mass is 32.1. The van der Waals surface area contributed by atoms with Crippen LogP contribution < -0.4 is 0 Å². The Labute approximate surface area is 127 Å². The molecule has 3 rings (SSSR count). The third-order valence-corrected chi connectivity index (χ3v) is 4.32. The highest BCUT2D eigenvalue weighted by Crippen LogP contribution is 2.22. The van der Waals surface area contributed by atoms with E-state index in [0.29, 0.717) is 26.1 Å². The van der Waals surface area contributed by atoms with E-state index >= 15 is 0 Å². The molecule has 3 heterocycles. The van der Waals surface area contributed by atoms with Gasteiger partial charge < -0.3 is 9.64 Å². The molecule has 0 saturated carbocycles. The molecule has 0 aromatic carbocycles. The van der Waals surface area contributed by atoms with Crippen molar-refractivity contribution in [1.29, 1.82) is 0 Å². The van der Waals surface area contributed by atoms with Gasteiger partial charge in [-0.2, -0.15) is 0 Å². The number of carbonyl (C=O) groups is 1. The number of hydrogen-bond acceptors (Lipinski definition) is 5. The topological polar surface area (TPSA) is 55.3 Å². The van der Waals surface area contributed by atoms with Crippen LogP contribution in [-0.4, -0.2) is 40.5 Å². The number of ether oxygens (including phenoxy) is 1. The number of thiazole rings is 1. The summed E-state index contributed by atoms with van der Waals surface area (Å²) in [5.74, 6) is 0.114. The van der Waals surface area contributed by atoms with Crippen LogP contribution in [0.3, 0.4) is 0 Å². The number of pyridine rings is 1. The van der Waals surface area contributed by atoms with Crippen LogP contribution in [0, 0.1) is 6.92 Å². The first-order valence-electron chi connectivity index (χ1n) is 6.92. The summed E-state index contributed by atoms with van der Waals surface area (Å²) in [5, 5.41) is 2.95. The SMILES string of the molecule is Cc1nc(CC(=O)N2CCO[C@@H](c3ccncc3)C2)cs1. The first-order valence-corrected chi connectivity index (χ1v) is 7.80. The van der Waals surface area contributed by atoms with Crippen molar-refractivity contribution in [3.8, 4) is 0 Å². The molecule has 1 fully saturated rings. The minimum absolute atomic E-state index is 0.0668. The molecular weight excluding hydrogens is 286 g/mol. The molecule has 0 unspecified atom stereocenters. The predicted octanol–water partition coefficient (Wildman–Crippen LogP) is 1.99. The van der Waals surface area contributed by atoms with Crippen molar-refractivity contribution in [3.63, 3.8) is 0 Å². The van der Waals surface area contributed by atoms with Crippen molar-refractivity contribution in [2.75, 3.05) is 19.7 Å². The van der Waals surface area contributed by atoms with Crippen molar-refractivity contribution < 1.29 is 9.53 Å². The second-order valence-electron chi connectivity index (χ2n) is 5.01. The van der Waals surface area contributed by atoms with Gasteiger partial charge in [-0.25, -0.2) is 4.98 Å². The van der Waals surface area contributed by atoms with Crippen molar-refractivity contribution in [2.24, 2.45) is 0 Å². The molecule has 2 aromatic rings. The number of hydrogen-bond donors (Lipinski definition) is 0. The molecular formula is C15H17N3O2S. The summed E-state index contributed by atoms with van der Waals surface area (Å²) in [7, 11) is 0. The summed E-state index contributed by atoms with van der Waals surface area (Å²) in [5.41, 5.74) is 1.92. The van der Waals surface area contributed by atoms with E-state index in [4.69, 9.17) is 4.74 Å². The maximum absolute atomic E-state index is 12.4. The van der Waals surface area contributed by atoms with Gasteiger partial charge in [0.1, 0.15) is 6.10 Å². The molecule has 110 valence electrons. The van der Waals surface area contributed by atoms with Crippen molar-refractivity contribution in [1.82, 2.24) is 14.9 Å². The monoisotopic (exact) mass is 303 g/mol. The lowest BCUT2D eigenvalue weighted by molar-refractivity contribution is -0.138. The molecule has 2 aromatic heterocycles. The van der Waals surface area contributed by atoms with Crippen LogP contribution in [0.5, 0.6) is 0 Å². The smallest absolute Gasteiger partial charge is 0.228 e. The predicted molar refractivity (Wildman–Crippen MR) is 80.1 cm³/mol. The quantitative estimate of drug-likeness (QED) is 0.870. The average molecular weight is 303 g/mol. The third kappa shape index (κ3) is 3.46. The van der Waals surface area contributed by atoms with E-state index in [0.717, 1.165) is 16.3 Å². The zero-order chi connectivity index (χ0) is 14.7. The highest BCUT2D eigenvalue weighted by molar-refractivity contribution is 7.09. The Bertz CT molecular complexity index is 614. The molecule has 1 amide bonds. The zero-order valence-electron chi connectivity index (χ0n) is 11.9. The summed E-state index contributed by atoms with van der Waals surface area (Å²) >= 11 is 1.58. The summed E-state index contributed by atoms with van der Waals surface area (Å²) in [6.07, 6.45) is 3.80. The largest absolute Gasteiger partial charge is 0.370 e. The highest BCUT2D eigenvalue weighted by Gasteiger charge is 2.25. The van der Waals surface area contributed by atoms with Crippen molar-refractivity contribution in [2.45, 2.75) is 19.4 Å². The standard InChI is InChI=1S/C15H17N3O2S/c1-11-17-13(10-21-11)8-15(19)18-6-7-20-14(9-18)12-2-4-16-5-3-12/h2-5,10,14H,6-9H2,1H3/t14-/m1/s1. The Balaban J connectivity index is 1.64. The van der Waals surface area contributed by atoms with Gasteiger partial charge in [0.15, 0.2) is 0 Å². The van der Waals surface area contributed by atoms with E-state index in [1.54, 1.807) is 23.7 Å². The fourth-order valence-corrected chi connectivity index (χ4v) is 3.02. The molecule has 0 spiro atoms. The molecule has 6 heteroatoms. The van der Waals surface area contributed by atoms with Crippen LogP contribution in [0.1, 0.15) is 22.4 Å². The molecule has 0 aliphatic carbocycles. The van der Waals surface area contributed by atoms with Gasteiger partial charge in [-0.3, -0.25) is 9.78 Å². The first kappa shape index (κ1) is 14.2. The minimum Gasteiger partial charge on any atom is -0.370 e. The van der Waals surface area contributed by atoms with E-state index < -0.39 is 0 Å². The summed E-state index contributed by atoms with van der Waals surface area (Å²) in [6.45, 7) is 3.75. The summed E-state index contributed by atoms with van der Waals surface area (Å²) < 4.78 is 5.76. The Kier molecular flexibility index (Phi) is 4.26. The number of nitrogens with zero attached hydrogens (tertiary/aromatic N) is 3. The number of amides is 1. The van der Waals surface area contributed by atoms with E-state index in [-0.39, 0.29) is 12.0 Å². The van der Waals surface area contributed by atoms with E-state index in [1.807, 2.05) is 29.3 Å². The Morgan fingerprint density at radius 3 is 3.00 bits per heavy atom. The number of aryl methyl sites for hydroxylation is 1. The Morgan fingerprint density at radius 1 is 1.48 bits per heavy atom. The van der Waals surface area contributed by atoms with Crippen LogP contribution >= 0.6 is 11.3 Å². The number of carbonyl (C=O) groups excluding carboxylic acids is 1. The Hall–Kier alpha value is -1.79. The lowest BCUT2D eigenvalue weighted by Crippen LogP contribution is -2.43. The van der Waals surface area contributed by atoms with Crippen molar-refractivity contribution >= 4 is 17.2 Å². The van der Waals surface area contributed by atoms with Gasteiger partial charge in [0.25, 0.3) is 0 Å². The lowest BCUT2D eigenvalue weighted by atomic mass is 10.1. The molecule has 5 nitrogen and oxygen atoms in total. The molecule has 0 bridgehead atoms. The Morgan fingerprint density at radius 2 is 2.29 bits per heavy atom. The van der Waals surface area contributed by atoms with E-state index in [1.165, 1.54) is 0 Å². The second-order valence-corrected chi connectivity index (χ2v) is 6.08. The van der Waals surface area contributed by atoms with Crippen molar-refractivity contribution in [3.05, 3.63) is 46.2 Å². The van der Waals surface area contributed by atoms with Crippen LogP contribution in [0.2, 0.25) is 0 Å². The van der Waals surface area contributed by atoms with Gasteiger partial charge in [-0.15, -0.1) is 11.3 Å². The van der Waals surface area contributed by atoms with Gasteiger partial charge in [0, 0.05) is 24.3 Å². The molecule has 21 heavy (non-hydrogen) atoms. The number of morpholine rings is 1. The summed E-state index contributed by atoms with van der Waals surface area (Å²) in [4.78, 5) is 22.6. The average Bonchev–Trinajstić information content (AvgIpc) is 2.93. The van der Waals surface area contributed by atoms with Crippen LogP contribution in [0.25, 0.3) is 0 Å². The van der Waals surface area contributed by atoms with Gasteiger partial charge >= 0.3 is 0 Å². The fourth-order valence-electron chi connectivity index (χ4n) is 2.41.